The van der Waals surface area contributed by atoms with Crippen LogP contribution in [0.5, 0.6) is 0 Å². The van der Waals surface area contributed by atoms with Gasteiger partial charge in [-0.25, -0.2) is 4.39 Å². The molecule has 0 saturated carbocycles. The molecule has 0 radical (unpaired) electrons. The summed E-state index contributed by atoms with van der Waals surface area (Å²) in [5.41, 5.74) is 0. The highest BCUT2D eigenvalue weighted by molar-refractivity contribution is 6.68. The van der Waals surface area contributed by atoms with E-state index < -0.39 is 14.1 Å². The van der Waals surface area contributed by atoms with Gasteiger partial charge in [0, 0.05) is 0 Å². The number of ether oxygens (including phenoxy) is 1. The number of rotatable bonds is 1. The van der Waals surface area contributed by atoms with Gasteiger partial charge in [0.1, 0.15) is 0 Å². The molecule has 0 saturated heterocycles. The van der Waals surface area contributed by atoms with Gasteiger partial charge in [0.05, 0.1) is 0 Å². The molecule has 0 rings (SSSR count). The van der Waals surface area contributed by atoms with Crippen LogP contribution in [0.2, 0.25) is 0 Å². The van der Waals surface area contributed by atoms with Crippen LogP contribution < -0.4 is 0 Å². The topological polar surface area (TPSA) is 9.23 Å². The highest BCUT2D eigenvalue weighted by Crippen LogP contribution is 2.38. The summed E-state index contributed by atoms with van der Waals surface area (Å²) in [6.45, 7) is 0. The lowest BCUT2D eigenvalue weighted by molar-refractivity contribution is -0.0403. The molecule has 1 unspecified atom stereocenters. The fourth-order valence-corrected chi connectivity index (χ4v) is 0.552. The van der Waals surface area contributed by atoms with E-state index in [4.69, 9.17) is 69.6 Å². The van der Waals surface area contributed by atoms with Crippen molar-refractivity contribution >= 4 is 69.6 Å². The van der Waals surface area contributed by atoms with E-state index in [0.29, 0.717) is 0 Å². The first-order chi connectivity index (χ1) is 4.63. The standard InChI is InChI=1S/C3HCl6FO/c4-2(5,6)1(10)11-3(7,8)9/h1H. The van der Waals surface area contributed by atoms with Gasteiger partial charge in [-0.15, -0.1) is 0 Å². The molecule has 0 aliphatic rings. The Hall–Kier alpha value is 1.63. The lowest BCUT2D eigenvalue weighted by Crippen LogP contribution is -2.28. The fourth-order valence-electron chi connectivity index (χ4n) is 0.184. The molecule has 0 aromatic rings. The summed E-state index contributed by atoms with van der Waals surface area (Å²) in [4.78, 5) is 0. The zero-order valence-corrected chi connectivity index (χ0v) is 9.17. The predicted octanol–water partition coefficient (Wildman–Crippen LogP) is 4.00. The lowest BCUT2D eigenvalue weighted by Gasteiger charge is -2.20. The van der Waals surface area contributed by atoms with E-state index in [1.165, 1.54) is 0 Å². The third-order valence-electron chi connectivity index (χ3n) is 0.494. The molecule has 0 aromatic carbocycles. The molecule has 0 bridgehead atoms. The molecule has 0 aromatic heterocycles. The summed E-state index contributed by atoms with van der Waals surface area (Å²) in [7, 11) is 0. The second-order valence-electron chi connectivity index (χ2n) is 1.42. The van der Waals surface area contributed by atoms with Crippen molar-refractivity contribution < 1.29 is 9.13 Å². The van der Waals surface area contributed by atoms with E-state index in [1.54, 1.807) is 0 Å². The summed E-state index contributed by atoms with van der Waals surface area (Å²) >= 11 is 30.2. The maximum atomic E-state index is 12.5. The maximum Gasteiger partial charge on any atom is 0.299 e. The summed E-state index contributed by atoms with van der Waals surface area (Å²) in [6.07, 6.45) is -2.29. The van der Waals surface area contributed by atoms with Gasteiger partial charge in [0.25, 0.3) is 3.98 Å². The monoisotopic (exact) mass is 282 g/mol. The van der Waals surface area contributed by atoms with E-state index >= 15 is 0 Å². The molecule has 1 atom stereocenters. The smallest absolute Gasteiger partial charge is 0.295 e. The van der Waals surface area contributed by atoms with Crippen molar-refractivity contribution in [1.82, 2.24) is 0 Å². The van der Waals surface area contributed by atoms with E-state index in [0.717, 1.165) is 0 Å². The Morgan fingerprint density at radius 1 is 1.00 bits per heavy atom. The van der Waals surface area contributed by atoms with Gasteiger partial charge in [-0.05, 0) is 0 Å². The van der Waals surface area contributed by atoms with E-state index in [-0.39, 0.29) is 0 Å². The first-order valence-electron chi connectivity index (χ1n) is 2.08. The fraction of sp³-hybridized carbons (Fsp3) is 1.00. The molecule has 1 nitrogen and oxygen atoms in total. The van der Waals surface area contributed by atoms with E-state index in [2.05, 4.69) is 4.74 Å². The molecular weight excluding hydrogens is 284 g/mol. The molecule has 0 aliphatic carbocycles. The largest absolute Gasteiger partial charge is 0.299 e. The van der Waals surface area contributed by atoms with Crippen LogP contribution in [-0.2, 0) is 4.74 Å². The molecule has 0 amide bonds. The zero-order valence-electron chi connectivity index (χ0n) is 4.63. The predicted molar refractivity (Wildman–Crippen MR) is 46.6 cm³/mol. The van der Waals surface area contributed by atoms with Crippen LogP contribution in [0.1, 0.15) is 0 Å². The average molecular weight is 285 g/mol. The second-order valence-corrected chi connectivity index (χ2v) is 5.97. The van der Waals surface area contributed by atoms with Crippen LogP contribution in [0, 0.1) is 0 Å². The number of hydrogen-bond acceptors (Lipinski definition) is 1. The van der Waals surface area contributed by atoms with E-state index in [1.807, 2.05) is 0 Å². The van der Waals surface area contributed by atoms with Gasteiger partial charge in [0.2, 0.25) is 10.2 Å². The van der Waals surface area contributed by atoms with Crippen LogP contribution in [-0.4, -0.2) is 14.1 Å². The summed E-state index contributed by atoms with van der Waals surface area (Å²) < 4.78 is 12.1. The van der Waals surface area contributed by atoms with Crippen LogP contribution in [0.25, 0.3) is 0 Å². The van der Waals surface area contributed by atoms with Crippen LogP contribution in [0.4, 0.5) is 4.39 Å². The Kier molecular flexibility index (Phi) is 4.85. The van der Waals surface area contributed by atoms with Gasteiger partial charge in [-0.1, -0.05) is 69.6 Å². The zero-order chi connectivity index (χ0) is 9.28. The molecule has 0 fully saturated rings. The molecule has 0 N–H and O–H groups in total. The van der Waals surface area contributed by atoms with Crippen LogP contribution in [0.3, 0.4) is 0 Å². The summed E-state index contributed by atoms with van der Waals surface area (Å²) in [6, 6.07) is 0. The van der Waals surface area contributed by atoms with Crippen molar-refractivity contribution in [2.45, 2.75) is 14.1 Å². The first kappa shape index (κ1) is 12.6. The summed E-state index contributed by atoms with van der Waals surface area (Å²) in [5, 5.41) is 0. The van der Waals surface area contributed by atoms with Crippen molar-refractivity contribution in [3.05, 3.63) is 0 Å². The van der Waals surface area contributed by atoms with Crippen LogP contribution in [0.15, 0.2) is 0 Å². The minimum atomic E-state index is -2.29. The quantitative estimate of drug-likeness (QED) is 0.662. The Balaban J connectivity index is 3.99. The molecular formula is C3HCl6FO. The minimum absolute atomic E-state index is 2.23. The van der Waals surface area contributed by atoms with Crippen molar-refractivity contribution in [3.63, 3.8) is 0 Å². The number of hydrogen-bond donors (Lipinski definition) is 0. The number of alkyl halides is 7. The third-order valence-corrected chi connectivity index (χ3v) is 1.28. The Morgan fingerprint density at radius 3 is 1.45 bits per heavy atom. The van der Waals surface area contributed by atoms with Gasteiger partial charge in [0.15, 0.2) is 0 Å². The van der Waals surface area contributed by atoms with Gasteiger partial charge >= 0.3 is 0 Å². The lowest BCUT2D eigenvalue weighted by atomic mass is 10.8. The molecule has 0 spiro atoms. The first-order valence-corrected chi connectivity index (χ1v) is 4.35. The highest BCUT2D eigenvalue weighted by Gasteiger charge is 2.39. The van der Waals surface area contributed by atoms with Gasteiger partial charge in [-0.3, -0.25) is 4.74 Å². The SMILES string of the molecule is FC(OC(Cl)(Cl)Cl)C(Cl)(Cl)Cl. The molecule has 0 heterocycles. The Morgan fingerprint density at radius 2 is 1.36 bits per heavy atom. The molecule has 0 aliphatic heterocycles. The molecule has 8 heteroatoms. The van der Waals surface area contributed by atoms with Crippen molar-refractivity contribution in [3.8, 4) is 0 Å². The summed E-state index contributed by atoms with van der Waals surface area (Å²) in [5.74, 6) is 0. The normalized spacial score (nSPS) is 16.6. The van der Waals surface area contributed by atoms with Gasteiger partial charge in [-0.2, -0.15) is 0 Å². The second kappa shape index (κ2) is 4.23. The highest BCUT2D eigenvalue weighted by atomic mass is 35.6. The maximum absolute atomic E-state index is 12.5. The van der Waals surface area contributed by atoms with E-state index in [9.17, 15) is 4.39 Å². The Labute approximate surface area is 92.6 Å². The minimum Gasteiger partial charge on any atom is -0.295 e. The third kappa shape index (κ3) is 6.76. The van der Waals surface area contributed by atoms with Crippen molar-refractivity contribution in [2.24, 2.45) is 0 Å². The Bertz CT molecular complexity index is 127. The average Bonchev–Trinajstić information content (AvgIpc) is 1.56. The van der Waals surface area contributed by atoms with Crippen molar-refractivity contribution in [2.75, 3.05) is 0 Å². The molecule has 68 valence electrons. The number of halogens is 7. The van der Waals surface area contributed by atoms with Crippen LogP contribution >= 0.6 is 69.6 Å². The van der Waals surface area contributed by atoms with Crippen molar-refractivity contribution in [1.29, 1.82) is 0 Å². The van der Waals surface area contributed by atoms with Gasteiger partial charge < -0.3 is 0 Å². The molecule has 11 heavy (non-hydrogen) atoms.